The van der Waals surface area contributed by atoms with E-state index in [1.807, 2.05) is 22.6 Å². The Hall–Kier alpha value is -1.45. The van der Waals surface area contributed by atoms with Crippen LogP contribution in [0.2, 0.25) is 0 Å². The zero-order valence-electron chi connectivity index (χ0n) is 11.0. The molecule has 1 aromatic rings. The molecule has 0 spiro atoms. The first-order chi connectivity index (χ1) is 9.81. The highest BCUT2D eigenvalue weighted by Crippen LogP contribution is 2.32. The largest absolute Gasteiger partial charge is 0.465 e. The van der Waals surface area contributed by atoms with Crippen LogP contribution in [0.5, 0.6) is 0 Å². The molecule has 5 nitrogen and oxygen atoms in total. The summed E-state index contributed by atoms with van der Waals surface area (Å²) in [6, 6.07) is 1.33. The van der Waals surface area contributed by atoms with Crippen LogP contribution >= 0.6 is 22.6 Å². The highest BCUT2D eigenvalue weighted by molar-refractivity contribution is 14.1. The molecule has 1 fully saturated rings. The lowest BCUT2D eigenvalue weighted by molar-refractivity contribution is -0.123. The number of nitrogens with one attached hydrogen (secondary N) is 1. The number of rotatable bonds is 2. The summed E-state index contributed by atoms with van der Waals surface area (Å²) in [4.78, 5) is 24.0. The minimum absolute atomic E-state index is 0.0512. The summed E-state index contributed by atoms with van der Waals surface area (Å²) in [7, 11) is 1.35. The number of carboxylic acid groups (broad SMARTS) is 1. The summed E-state index contributed by atoms with van der Waals surface area (Å²) in [6.07, 6.45) is -0.961. The first-order valence-corrected chi connectivity index (χ1v) is 7.41. The fourth-order valence-electron chi connectivity index (χ4n) is 2.36. The summed E-state index contributed by atoms with van der Waals surface area (Å²) >= 11 is 1.90. The summed E-state index contributed by atoms with van der Waals surface area (Å²) in [6.45, 7) is 0. The first-order valence-electron chi connectivity index (χ1n) is 6.16. The van der Waals surface area contributed by atoms with Crippen LogP contribution in [0, 0.1) is 11.6 Å². The molecule has 0 bridgehead atoms. The molecule has 0 aliphatic carbocycles. The van der Waals surface area contributed by atoms with Crippen molar-refractivity contribution in [1.29, 1.82) is 0 Å². The van der Waals surface area contributed by atoms with Crippen molar-refractivity contribution in [3.63, 3.8) is 0 Å². The number of benzene rings is 1. The number of amides is 2. The van der Waals surface area contributed by atoms with Crippen molar-refractivity contribution in [2.45, 2.75) is 22.4 Å². The lowest BCUT2D eigenvalue weighted by Crippen LogP contribution is -2.54. The van der Waals surface area contributed by atoms with Gasteiger partial charge in [0.05, 0.1) is 16.0 Å². The van der Waals surface area contributed by atoms with Crippen molar-refractivity contribution in [3.8, 4) is 0 Å². The topological polar surface area (TPSA) is 69.6 Å². The average molecular weight is 410 g/mol. The van der Waals surface area contributed by atoms with E-state index in [0.717, 1.165) is 23.1 Å². The second kappa shape index (κ2) is 6.12. The molecule has 1 aliphatic rings. The molecule has 2 rings (SSSR count). The van der Waals surface area contributed by atoms with Gasteiger partial charge in [0.15, 0.2) is 0 Å². The van der Waals surface area contributed by atoms with Gasteiger partial charge in [-0.3, -0.25) is 4.79 Å². The summed E-state index contributed by atoms with van der Waals surface area (Å²) in [5, 5.41) is 11.7. The van der Waals surface area contributed by atoms with Crippen molar-refractivity contribution in [2.24, 2.45) is 0 Å². The highest BCUT2D eigenvalue weighted by atomic mass is 127. The third kappa shape index (κ3) is 3.25. The number of likely N-dealkylation sites (N-methyl/N-ethyl adjacent to an activating group) is 1. The summed E-state index contributed by atoms with van der Waals surface area (Å²) < 4.78 is 26.9. The van der Waals surface area contributed by atoms with Gasteiger partial charge < -0.3 is 15.3 Å². The third-order valence-electron chi connectivity index (χ3n) is 3.51. The highest BCUT2D eigenvalue weighted by Gasteiger charge is 2.40. The quantitative estimate of drug-likeness (QED) is 0.581. The number of carbonyl (C=O) groups excluding carboxylic acids is 1. The number of halogens is 3. The molecule has 114 valence electrons. The van der Waals surface area contributed by atoms with Crippen LogP contribution in [0.1, 0.15) is 18.0 Å². The Labute approximate surface area is 133 Å². The Morgan fingerprint density at radius 2 is 2.14 bits per heavy atom. The van der Waals surface area contributed by atoms with E-state index in [0.29, 0.717) is 0 Å². The normalized spacial score (nSPS) is 25.3. The molecular weight excluding hydrogens is 397 g/mol. The van der Waals surface area contributed by atoms with E-state index in [1.54, 1.807) is 0 Å². The van der Waals surface area contributed by atoms with E-state index < -0.39 is 33.7 Å². The van der Waals surface area contributed by atoms with Crippen molar-refractivity contribution in [2.75, 3.05) is 7.05 Å². The van der Waals surface area contributed by atoms with Gasteiger partial charge in [-0.1, -0.05) is 22.6 Å². The van der Waals surface area contributed by atoms with E-state index in [2.05, 4.69) is 5.32 Å². The van der Waals surface area contributed by atoms with Crippen LogP contribution in [-0.2, 0) is 4.79 Å². The molecule has 1 heterocycles. The zero-order valence-corrected chi connectivity index (χ0v) is 13.2. The van der Waals surface area contributed by atoms with Crippen LogP contribution < -0.4 is 5.32 Å². The van der Waals surface area contributed by atoms with Gasteiger partial charge in [0.2, 0.25) is 5.91 Å². The fourth-order valence-corrected chi connectivity index (χ4v) is 3.06. The molecule has 1 saturated heterocycles. The van der Waals surface area contributed by atoms with Crippen LogP contribution in [0.4, 0.5) is 13.6 Å². The summed E-state index contributed by atoms with van der Waals surface area (Å²) in [5.74, 6) is -1.65. The maximum Gasteiger partial charge on any atom is 0.407 e. The maximum absolute atomic E-state index is 13.9. The Balaban J connectivity index is 2.42. The van der Waals surface area contributed by atoms with Gasteiger partial charge in [-0.2, -0.15) is 0 Å². The molecule has 2 N–H and O–H groups in total. The molecule has 21 heavy (non-hydrogen) atoms. The second-order valence-corrected chi connectivity index (χ2v) is 6.32. The van der Waals surface area contributed by atoms with Crippen LogP contribution in [0.3, 0.4) is 0 Å². The van der Waals surface area contributed by atoms with Gasteiger partial charge in [0.25, 0.3) is 0 Å². The van der Waals surface area contributed by atoms with Crippen molar-refractivity contribution < 1.29 is 23.5 Å². The molecule has 0 saturated carbocycles. The van der Waals surface area contributed by atoms with Crippen LogP contribution in [0.15, 0.2) is 18.2 Å². The molecule has 3 unspecified atom stereocenters. The number of nitrogens with zero attached hydrogens (tertiary/aromatic N) is 1. The SMILES string of the molecule is CN(C(=O)O)C1CC(I)C(=O)NC1c1cc(F)ccc1F. The molecular formula is C13H13F2IN2O3. The van der Waals surface area contributed by atoms with Gasteiger partial charge >= 0.3 is 6.09 Å². The van der Waals surface area contributed by atoms with Crippen LogP contribution in [-0.4, -0.2) is 39.0 Å². The molecule has 8 heteroatoms. The lowest BCUT2D eigenvalue weighted by Gasteiger charge is -2.39. The molecule has 2 amide bonds. The summed E-state index contributed by atoms with van der Waals surface area (Å²) in [5.41, 5.74) is -0.0512. The number of alkyl halides is 1. The van der Waals surface area contributed by atoms with Gasteiger partial charge in [0, 0.05) is 12.6 Å². The average Bonchev–Trinajstić information content (AvgIpc) is 2.43. The molecule has 1 aromatic carbocycles. The molecule has 3 atom stereocenters. The van der Waals surface area contributed by atoms with E-state index in [4.69, 9.17) is 5.11 Å². The van der Waals surface area contributed by atoms with E-state index in [9.17, 15) is 18.4 Å². The fraction of sp³-hybridized carbons (Fsp3) is 0.385. The lowest BCUT2D eigenvalue weighted by atomic mass is 9.90. The van der Waals surface area contributed by atoms with Crippen molar-refractivity contribution in [1.82, 2.24) is 10.2 Å². The molecule has 0 radical (unpaired) electrons. The van der Waals surface area contributed by atoms with E-state index in [-0.39, 0.29) is 17.9 Å². The van der Waals surface area contributed by atoms with Gasteiger partial charge in [-0.25, -0.2) is 13.6 Å². The predicted molar refractivity (Wildman–Crippen MR) is 79.2 cm³/mol. The van der Waals surface area contributed by atoms with Crippen LogP contribution in [0.25, 0.3) is 0 Å². The Morgan fingerprint density at radius 3 is 2.76 bits per heavy atom. The first kappa shape index (κ1) is 15.9. The third-order valence-corrected chi connectivity index (χ3v) is 4.58. The minimum Gasteiger partial charge on any atom is -0.465 e. The Morgan fingerprint density at radius 1 is 1.48 bits per heavy atom. The molecule has 1 aliphatic heterocycles. The Bertz CT molecular complexity index is 585. The maximum atomic E-state index is 13.9. The van der Waals surface area contributed by atoms with Gasteiger partial charge in [-0.05, 0) is 24.6 Å². The second-order valence-electron chi connectivity index (χ2n) is 4.82. The van der Waals surface area contributed by atoms with Crippen molar-refractivity contribution >= 4 is 34.6 Å². The number of hydrogen-bond donors (Lipinski definition) is 2. The van der Waals surface area contributed by atoms with Gasteiger partial charge in [0.1, 0.15) is 11.6 Å². The van der Waals surface area contributed by atoms with E-state index >= 15 is 0 Å². The van der Waals surface area contributed by atoms with Crippen molar-refractivity contribution in [3.05, 3.63) is 35.4 Å². The van der Waals surface area contributed by atoms with E-state index in [1.165, 1.54) is 7.05 Å². The number of carbonyl (C=O) groups is 2. The molecule has 0 aromatic heterocycles. The zero-order chi connectivity index (χ0) is 15.7. The number of piperidine rings is 1. The standard InChI is InChI=1S/C13H13F2IN2O3/c1-18(13(20)21)10-5-9(16)12(19)17-11(10)7-4-6(14)2-3-8(7)15/h2-4,9-11H,5H2,1H3,(H,17,19)(H,20,21). The monoisotopic (exact) mass is 410 g/mol. The number of hydrogen-bond acceptors (Lipinski definition) is 2. The Kier molecular flexibility index (Phi) is 4.64. The van der Waals surface area contributed by atoms with Gasteiger partial charge in [-0.15, -0.1) is 0 Å². The smallest absolute Gasteiger partial charge is 0.407 e. The predicted octanol–water partition coefficient (Wildman–Crippen LogP) is 2.31. The minimum atomic E-state index is -1.19.